The van der Waals surface area contributed by atoms with E-state index in [4.69, 9.17) is 11.6 Å². The summed E-state index contributed by atoms with van der Waals surface area (Å²) in [7, 11) is -2.93. The van der Waals surface area contributed by atoms with Gasteiger partial charge in [-0.2, -0.15) is 0 Å². The van der Waals surface area contributed by atoms with Crippen LogP contribution in [0.25, 0.3) is 0 Å². The van der Waals surface area contributed by atoms with Crippen molar-refractivity contribution >= 4 is 53.3 Å². The van der Waals surface area contributed by atoms with Crippen molar-refractivity contribution in [2.24, 2.45) is 0 Å². The van der Waals surface area contributed by atoms with Gasteiger partial charge in [0.15, 0.2) is 9.84 Å². The standard InChI is InChI=1S/C4H5Br2ClO2S/c5-3-1-10(8,9)2-4(3,6)7/h3H,1-2H2/t3-,4-/m1/s1. The molecular weight excluding hydrogens is 307 g/mol. The van der Waals surface area contributed by atoms with Gasteiger partial charge in [0.05, 0.1) is 16.3 Å². The van der Waals surface area contributed by atoms with Gasteiger partial charge in [0, 0.05) is 0 Å². The molecule has 2 nitrogen and oxygen atoms in total. The van der Waals surface area contributed by atoms with Crippen molar-refractivity contribution in [2.45, 2.75) is 8.61 Å². The highest BCUT2D eigenvalue weighted by molar-refractivity contribution is 9.13. The highest BCUT2D eigenvalue weighted by atomic mass is 79.9. The van der Waals surface area contributed by atoms with Crippen molar-refractivity contribution in [1.82, 2.24) is 0 Å². The molecule has 0 unspecified atom stereocenters. The van der Waals surface area contributed by atoms with Gasteiger partial charge in [-0.25, -0.2) is 8.42 Å². The third-order valence-corrected chi connectivity index (χ3v) is 7.18. The second kappa shape index (κ2) is 2.61. The second-order valence-corrected chi connectivity index (χ2v) is 8.04. The predicted molar refractivity (Wildman–Crippen MR) is 48.9 cm³/mol. The van der Waals surface area contributed by atoms with Gasteiger partial charge in [0.2, 0.25) is 0 Å². The lowest BCUT2D eigenvalue weighted by atomic mass is 10.4. The molecule has 0 bridgehead atoms. The Labute approximate surface area is 81.5 Å². The third-order valence-electron chi connectivity index (χ3n) is 1.27. The maximum Gasteiger partial charge on any atom is 0.154 e. The molecular formula is C4H5Br2ClO2S. The third kappa shape index (κ3) is 1.87. The Morgan fingerprint density at radius 3 is 2.20 bits per heavy atom. The van der Waals surface area contributed by atoms with Crippen LogP contribution in [-0.2, 0) is 9.84 Å². The molecule has 10 heavy (non-hydrogen) atoms. The average Bonchev–Trinajstić information content (AvgIpc) is 1.73. The summed E-state index contributed by atoms with van der Waals surface area (Å²) >= 11 is 12.1. The zero-order valence-corrected chi connectivity index (χ0v) is 9.59. The zero-order chi connectivity index (χ0) is 7.99. The van der Waals surface area contributed by atoms with E-state index in [9.17, 15) is 8.42 Å². The molecule has 1 fully saturated rings. The molecule has 1 saturated heterocycles. The molecule has 0 spiro atoms. The van der Waals surface area contributed by atoms with Gasteiger partial charge < -0.3 is 0 Å². The Bertz CT molecular complexity index is 236. The molecule has 0 amide bonds. The van der Waals surface area contributed by atoms with Gasteiger partial charge in [-0.3, -0.25) is 0 Å². The number of hydrogen-bond acceptors (Lipinski definition) is 2. The van der Waals surface area contributed by atoms with E-state index in [0.29, 0.717) is 0 Å². The Hall–Kier alpha value is 1.20. The topological polar surface area (TPSA) is 34.1 Å². The first-order chi connectivity index (χ1) is 4.33. The molecule has 2 atom stereocenters. The average molecular weight is 312 g/mol. The Morgan fingerprint density at radius 1 is 1.60 bits per heavy atom. The van der Waals surface area contributed by atoms with Crippen molar-refractivity contribution in [3.8, 4) is 0 Å². The first-order valence-electron chi connectivity index (χ1n) is 2.56. The summed E-state index contributed by atoms with van der Waals surface area (Å²) in [6.45, 7) is 0. The van der Waals surface area contributed by atoms with Crippen LogP contribution in [0.15, 0.2) is 0 Å². The maximum absolute atomic E-state index is 10.9. The van der Waals surface area contributed by atoms with E-state index in [1.165, 1.54) is 0 Å². The quantitative estimate of drug-likeness (QED) is 0.636. The van der Waals surface area contributed by atoms with Gasteiger partial charge >= 0.3 is 0 Å². The van der Waals surface area contributed by atoms with Gasteiger partial charge in [0.25, 0.3) is 0 Å². The molecule has 60 valence electrons. The highest BCUT2D eigenvalue weighted by Crippen LogP contribution is 2.40. The molecule has 0 radical (unpaired) electrons. The summed E-state index contributed by atoms with van der Waals surface area (Å²) in [6.07, 6.45) is 0. The van der Waals surface area contributed by atoms with Crippen molar-refractivity contribution in [3.05, 3.63) is 0 Å². The van der Waals surface area contributed by atoms with Crippen molar-refractivity contribution in [3.63, 3.8) is 0 Å². The second-order valence-electron chi connectivity index (χ2n) is 2.28. The SMILES string of the molecule is O=S1(=O)C[C@@H](Br)[C@@](Cl)(Br)C1. The largest absolute Gasteiger partial charge is 0.229 e. The fourth-order valence-corrected chi connectivity index (χ4v) is 6.10. The van der Waals surface area contributed by atoms with E-state index in [2.05, 4.69) is 31.9 Å². The Morgan fingerprint density at radius 2 is 2.10 bits per heavy atom. The van der Waals surface area contributed by atoms with Crippen LogP contribution in [0.1, 0.15) is 0 Å². The lowest BCUT2D eigenvalue weighted by molar-refractivity contribution is 0.602. The lowest BCUT2D eigenvalue weighted by Gasteiger charge is -2.12. The molecule has 1 heterocycles. The van der Waals surface area contributed by atoms with E-state index in [0.717, 1.165) is 0 Å². The smallest absolute Gasteiger partial charge is 0.154 e. The Kier molecular flexibility index (Phi) is 2.42. The van der Waals surface area contributed by atoms with Crippen LogP contribution in [0.2, 0.25) is 0 Å². The van der Waals surface area contributed by atoms with E-state index >= 15 is 0 Å². The van der Waals surface area contributed by atoms with Crippen molar-refractivity contribution in [2.75, 3.05) is 11.5 Å². The van der Waals surface area contributed by atoms with Crippen molar-refractivity contribution < 1.29 is 8.42 Å². The van der Waals surface area contributed by atoms with Crippen LogP contribution in [-0.4, -0.2) is 28.5 Å². The number of halogens is 3. The van der Waals surface area contributed by atoms with E-state index in [1.807, 2.05) is 0 Å². The lowest BCUT2D eigenvalue weighted by Crippen LogP contribution is -2.22. The van der Waals surface area contributed by atoms with E-state index in [1.54, 1.807) is 0 Å². The van der Waals surface area contributed by atoms with Crippen LogP contribution in [0.5, 0.6) is 0 Å². The summed E-state index contributed by atoms with van der Waals surface area (Å²) < 4.78 is 21.0. The van der Waals surface area contributed by atoms with Crippen molar-refractivity contribution in [1.29, 1.82) is 0 Å². The fourth-order valence-electron chi connectivity index (χ4n) is 0.787. The fraction of sp³-hybridized carbons (Fsp3) is 1.00. The Balaban J connectivity index is 2.92. The predicted octanol–water partition coefficient (Wildman–Crippen LogP) is 1.51. The number of alkyl halides is 3. The summed E-state index contributed by atoms with van der Waals surface area (Å²) in [5.41, 5.74) is 0. The molecule has 0 aromatic carbocycles. The normalized spacial score (nSPS) is 45.7. The first kappa shape index (κ1) is 9.29. The van der Waals surface area contributed by atoms with Crippen LogP contribution in [0, 0.1) is 0 Å². The van der Waals surface area contributed by atoms with Gasteiger partial charge in [-0.05, 0) is 0 Å². The number of rotatable bonds is 0. The van der Waals surface area contributed by atoms with Crippen LogP contribution >= 0.6 is 43.5 Å². The molecule has 6 heteroatoms. The molecule has 0 N–H and O–H groups in total. The van der Waals surface area contributed by atoms with Gasteiger partial charge in [-0.15, -0.1) is 11.6 Å². The maximum atomic E-state index is 10.9. The van der Waals surface area contributed by atoms with Crippen LogP contribution in [0.4, 0.5) is 0 Å². The molecule has 1 aliphatic rings. The zero-order valence-electron chi connectivity index (χ0n) is 4.85. The van der Waals surface area contributed by atoms with Crippen LogP contribution in [0.3, 0.4) is 0 Å². The molecule has 1 rings (SSSR count). The molecule has 0 saturated carbocycles. The summed E-state index contributed by atoms with van der Waals surface area (Å²) in [5, 5.41) is 0. The van der Waals surface area contributed by atoms with Gasteiger partial charge in [0.1, 0.15) is 3.78 Å². The number of hydrogen-bond donors (Lipinski definition) is 0. The van der Waals surface area contributed by atoms with E-state index in [-0.39, 0.29) is 16.3 Å². The summed E-state index contributed by atoms with van der Waals surface area (Å²) in [6, 6.07) is 0. The molecule has 0 aromatic rings. The summed E-state index contributed by atoms with van der Waals surface area (Å²) in [5.74, 6) is 0.110. The van der Waals surface area contributed by atoms with Crippen LogP contribution < -0.4 is 0 Å². The number of sulfone groups is 1. The minimum absolute atomic E-state index is 0.00251. The minimum atomic E-state index is -2.93. The van der Waals surface area contributed by atoms with Gasteiger partial charge in [-0.1, -0.05) is 31.9 Å². The summed E-state index contributed by atoms with van der Waals surface area (Å²) in [4.78, 5) is -0.188. The van der Waals surface area contributed by atoms with E-state index < -0.39 is 13.6 Å². The molecule has 0 aromatic heterocycles. The monoisotopic (exact) mass is 310 g/mol. The first-order valence-corrected chi connectivity index (χ1v) is 6.47. The molecule has 1 aliphatic heterocycles. The highest BCUT2D eigenvalue weighted by Gasteiger charge is 2.46. The minimum Gasteiger partial charge on any atom is -0.229 e. The molecule has 0 aliphatic carbocycles.